The summed E-state index contributed by atoms with van der Waals surface area (Å²) in [7, 11) is 0. The first-order valence-electron chi connectivity index (χ1n) is 6.35. The molecular weight excluding hydrogens is 264 g/mol. The molecule has 1 fully saturated rings. The van der Waals surface area contributed by atoms with E-state index in [9.17, 15) is 4.79 Å². The number of hydrogen-bond acceptors (Lipinski definition) is 4. The van der Waals surface area contributed by atoms with Gasteiger partial charge in [0, 0.05) is 5.75 Å². The Kier molecular flexibility index (Phi) is 3.31. The molecule has 1 aliphatic carbocycles. The second-order valence-corrected chi connectivity index (χ2v) is 6.24. The number of aliphatic carboxylic acids is 1. The lowest BCUT2D eigenvalue weighted by Crippen LogP contribution is -2.11. The Bertz CT molecular complexity index is 496. The lowest BCUT2D eigenvalue weighted by Gasteiger charge is -2.11. The van der Waals surface area contributed by atoms with E-state index in [1.165, 1.54) is 5.56 Å². The first-order chi connectivity index (χ1) is 9.17. The van der Waals surface area contributed by atoms with Crippen LogP contribution in [0.25, 0.3) is 0 Å². The number of hydrogen-bond donors (Lipinski definition) is 1. The van der Waals surface area contributed by atoms with Crippen LogP contribution in [0.1, 0.15) is 24.8 Å². The van der Waals surface area contributed by atoms with Crippen molar-refractivity contribution in [3.05, 3.63) is 23.8 Å². The maximum atomic E-state index is 10.8. The molecule has 1 aromatic rings. The van der Waals surface area contributed by atoms with Gasteiger partial charge in [0.2, 0.25) is 6.79 Å². The molecule has 0 amide bonds. The summed E-state index contributed by atoms with van der Waals surface area (Å²) in [5, 5.41) is 8.87. The zero-order valence-corrected chi connectivity index (χ0v) is 11.4. The summed E-state index contributed by atoms with van der Waals surface area (Å²) >= 11 is 1.80. The summed E-state index contributed by atoms with van der Waals surface area (Å²) in [4.78, 5) is 10.8. The predicted molar refractivity (Wildman–Crippen MR) is 72.6 cm³/mol. The molecule has 5 heteroatoms. The third kappa shape index (κ3) is 2.97. The summed E-state index contributed by atoms with van der Waals surface area (Å²) in [6.07, 6.45) is 2.40. The highest BCUT2D eigenvalue weighted by molar-refractivity contribution is 7.98. The van der Waals surface area contributed by atoms with Gasteiger partial charge in [0.15, 0.2) is 11.5 Å². The summed E-state index contributed by atoms with van der Waals surface area (Å²) < 4.78 is 10.6. The normalized spacial score (nSPS) is 18.3. The van der Waals surface area contributed by atoms with Crippen LogP contribution in [-0.4, -0.2) is 23.6 Å². The van der Waals surface area contributed by atoms with Crippen molar-refractivity contribution in [3.8, 4) is 11.5 Å². The topological polar surface area (TPSA) is 55.8 Å². The van der Waals surface area contributed by atoms with E-state index in [1.54, 1.807) is 11.8 Å². The lowest BCUT2D eigenvalue weighted by atomic mass is 10.1. The van der Waals surface area contributed by atoms with Crippen LogP contribution < -0.4 is 9.47 Å². The molecule has 0 spiro atoms. The Labute approximate surface area is 116 Å². The van der Waals surface area contributed by atoms with E-state index in [4.69, 9.17) is 14.6 Å². The van der Waals surface area contributed by atoms with Gasteiger partial charge in [0.1, 0.15) is 0 Å². The average Bonchev–Trinajstić information content (AvgIpc) is 2.95. The quantitative estimate of drug-likeness (QED) is 0.868. The molecule has 0 unspecified atom stereocenters. The molecule has 19 heavy (non-hydrogen) atoms. The molecular formula is C14H16O4S. The molecule has 0 bridgehead atoms. The van der Waals surface area contributed by atoms with E-state index < -0.39 is 5.97 Å². The zero-order valence-electron chi connectivity index (χ0n) is 10.6. The van der Waals surface area contributed by atoms with Crippen LogP contribution >= 0.6 is 11.8 Å². The molecule has 1 N–H and O–H groups in total. The summed E-state index contributed by atoms with van der Waals surface area (Å²) in [6.45, 7) is 0.299. The Morgan fingerprint density at radius 1 is 1.32 bits per heavy atom. The molecule has 2 aliphatic rings. The number of rotatable bonds is 6. The maximum absolute atomic E-state index is 10.8. The van der Waals surface area contributed by atoms with Crippen molar-refractivity contribution < 1.29 is 19.4 Å². The van der Waals surface area contributed by atoms with Gasteiger partial charge in [0.25, 0.3) is 0 Å². The summed E-state index contributed by atoms with van der Waals surface area (Å²) in [6, 6.07) is 5.98. The van der Waals surface area contributed by atoms with Gasteiger partial charge in [-0.3, -0.25) is 4.79 Å². The molecule has 1 heterocycles. The SMILES string of the molecule is O=C(O)CC1(CSCc2ccc3c(c2)OCO3)CC1. The lowest BCUT2D eigenvalue weighted by molar-refractivity contribution is -0.138. The van der Waals surface area contributed by atoms with Crippen molar-refractivity contribution >= 4 is 17.7 Å². The molecule has 0 radical (unpaired) electrons. The minimum atomic E-state index is -0.679. The molecule has 3 rings (SSSR count). The Morgan fingerprint density at radius 2 is 2.11 bits per heavy atom. The highest BCUT2D eigenvalue weighted by Crippen LogP contribution is 2.51. The third-order valence-corrected chi connectivity index (χ3v) is 4.95. The number of fused-ring (bicyclic) bond motifs is 1. The van der Waals surface area contributed by atoms with Crippen molar-refractivity contribution in [1.82, 2.24) is 0 Å². The van der Waals surface area contributed by atoms with Crippen LogP contribution in [0.15, 0.2) is 18.2 Å². The molecule has 0 saturated heterocycles. The van der Waals surface area contributed by atoms with Crippen molar-refractivity contribution in [2.45, 2.75) is 25.0 Å². The van der Waals surface area contributed by atoms with E-state index in [0.717, 1.165) is 35.8 Å². The molecule has 1 saturated carbocycles. The van der Waals surface area contributed by atoms with Crippen LogP contribution in [0.3, 0.4) is 0 Å². The standard InChI is InChI=1S/C14H16O4S/c15-13(16)6-14(3-4-14)8-19-7-10-1-2-11-12(5-10)18-9-17-11/h1-2,5H,3-4,6-9H2,(H,15,16). The monoisotopic (exact) mass is 280 g/mol. The van der Waals surface area contributed by atoms with Gasteiger partial charge in [-0.2, -0.15) is 11.8 Å². The fraction of sp³-hybridized carbons (Fsp3) is 0.500. The molecule has 4 nitrogen and oxygen atoms in total. The van der Waals surface area contributed by atoms with E-state index >= 15 is 0 Å². The molecule has 0 atom stereocenters. The van der Waals surface area contributed by atoms with Gasteiger partial charge in [-0.25, -0.2) is 0 Å². The minimum Gasteiger partial charge on any atom is -0.481 e. The highest BCUT2D eigenvalue weighted by atomic mass is 32.2. The van der Waals surface area contributed by atoms with Crippen LogP contribution in [0.2, 0.25) is 0 Å². The summed E-state index contributed by atoms with van der Waals surface area (Å²) in [5.41, 5.74) is 1.26. The maximum Gasteiger partial charge on any atom is 0.303 e. The number of ether oxygens (including phenoxy) is 2. The van der Waals surface area contributed by atoms with Crippen molar-refractivity contribution in [2.75, 3.05) is 12.5 Å². The van der Waals surface area contributed by atoms with E-state index in [0.29, 0.717) is 13.2 Å². The second-order valence-electron chi connectivity index (χ2n) is 5.25. The third-order valence-electron chi connectivity index (χ3n) is 3.60. The number of benzene rings is 1. The Balaban J connectivity index is 1.51. The van der Waals surface area contributed by atoms with E-state index in [1.807, 2.05) is 18.2 Å². The van der Waals surface area contributed by atoms with E-state index in [2.05, 4.69) is 0 Å². The van der Waals surface area contributed by atoms with Crippen LogP contribution in [0.5, 0.6) is 11.5 Å². The fourth-order valence-electron chi connectivity index (χ4n) is 2.29. The minimum absolute atomic E-state index is 0.0623. The summed E-state index contributed by atoms with van der Waals surface area (Å²) in [5.74, 6) is 2.75. The predicted octanol–water partition coefficient (Wildman–Crippen LogP) is 2.90. The second kappa shape index (κ2) is 4.96. The smallest absolute Gasteiger partial charge is 0.303 e. The molecule has 1 aliphatic heterocycles. The Morgan fingerprint density at radius 3 is 2.84 bits per heavy atom. The first kappa shape index (κ1) is 12.7. The number of carboxylic acids is 1. The number of carbonyl (C=O) groups is 1. The van der Waals surface area contributed by atoms with Gasteiger partial charge in [-0.05, 0) is 41.7 Å². The van der Waals surface area contributed by atoms with Crippen molar-refractivity contribution in [2.24, 2.45) is 5.41 Å². The Hall–Kier alpha value is -1.36. The van der Waals surface area contributed by atoms with Crippen molar-refractivity contribution in [1.29, 1.82) is 0 Å². The average molecular weight is 280 g/mol. The van der Waals surface area contributed by atoms with Crippen LogP contribution in [0, 0.1) is 5.41 Å². The van der Waals surface area contributed by atoms with Gasteiger partial charge in [0.05, 0.1) is 6.42 Å². The van der Waals surface area contributed by atoms with Gasteiger partial charge in [-0.15, -0.1) is 0 Å². The first-order valence-corrected chi connectivity index (χ1v) is 7.50. The zero-order chi connectivity index (χ0) is 13.3. The molecule has 0 aromatic heterocycles. The highest BCUT2D eigenvalue weighted by Gasteiger charge is 2.43. The number of thioether (sulfide) groups is 1. The largest absolute Gasteiger partial charge is 0.481 e. The van der Waals surface area contributed by atoms with Gasteiger partial charge >= 0.3 is 5.97 Å². The molecule has 102 valence electrons. The van der Waals surface area contributed by atoms with Crippen LogP contribution in [0.4, 0.5) is 0 Å². The molecule has 1 aromatic carbocycles. The van der Waals surface area contributed by atoms with Crippen LogP contribution in [-0.2, 0) is 10.5 Å². The van der Waals surface area contributed by atoms with Gasteiger partial charge in [-0.1, -0.05) is 6.07 Å². The van der Waals surface area contributed by atoms with E-state index in [-0.39, 0.29) is 5.41 Å². The van der Waals surface area contributed by atoms with Gasteiger partial charge < -0.3 is 14.6 Å². The number of carboxylic acid groups (broad SMARTS) is 1. The fourth-order valence-corrected chi connectivity index (χ4v) is 3.63. The van der Waals surface area contributed by atoms with Crippen molar-refractivity contribution in [3.63, 3.8) is 0 Å².